The van der Waals surface area contributed by atoms with E-state index in [0.29, 0.717) is 17.6 Å². The van der Waals surface area contributed by atoms with E-state index in [4.69, 9.17) is 4.98 Å². The molecule has 1 aliphatic carbocycles. The van der Waals surface area contributed by atoms with Crippen LogP contribution in [0.4, 0.5) is 10.8 Å². The summed E-state index contributed by atoms with van der Waals surface area (Å²) >= 11 is 3.74. The lowest BCUT2D eigenvalue weighted by Gasteiger charge is -2.29. The smallest absolute Gasteiger partial charge is 0.229 e. The van der Waals surface area contributed by atoms with E-state index >= 15 is 0 Å². The molecule has 0 saturated heterocycles. The summed E-state index contributed by atoms with van der Waals surface area (Å²) in [6.45, 7) is 0. The highest BCUT2D eigenvalue weighted by atomic mass is 32.2. The summed E-state index contributed by atoms with van der Waals surface area (Å²) in [4.78, 5) is 7.73. The maximum Gasteiger partial charge on any atom is 0.229 e. The van der Waals surface area contributed by atoms with Crippen LogP contribution in [0.15, 0.2) is 53.4 Å². The molecule has 2 N–H and O–H groups in total. The molecule has 8 heteroatoms. The number of rotatable bonds is 6. The number of nitrogens with one attached hydrogen (secondary N) is 2. The second kappa shape index (κ2) is 9.68. The Balaban J connectivity index is 1.21. The number of para-hydroxylation sites is 1. The van der Waals surface area contributed by atoms with Crippen molar-refractivity contribution < 1.29 is 8.42 Å². The zero-order chi connectivity index (χ0) is 22.8. The van der Waals surface area contributed by atoms with Gasteiger partial charge in [0.15, 0.2) is 5.13 Å². The fraction of sp³-hybridized carbons (Fsp3) is 0.400. The van der Waals surface area contributed by atoms with Crippen molar-refractivity contribution >= 4 is 43.9 Å². The quantitative estimate of drug-likeness (QED) is 0.432. The van der Waals surface area contributed by atoms with Gasteiger partial charge in [0, 0.05) is 27.1 Å². The SMILES string of the molecule is CS(=O)(=O)Nc1ccccc1CC1CCC(Nc2nc3c(s2)CCSc2ccccc2-3)CC1. The van der Waals surface area contributed by atoms with Crippen molar-refractivity contribution in [3.05, 3.63) is 59.0 Å². The Kier molecular flexibility index (Phi) is 6.67. The van der Waals surface area contributed by atoms with Crippen LogP contribution in [0.1, 0.15) is 36.1 Å². The Hall–Kier alpha value is -2.03. The van der Waals surface area contributed by atoms with Crippen molar-refractivity contribution in [2.75, 3.05) is 22.0 Å². The van der Waals surface area contributed by atoms with E-state index in [2.05, 4.69) is 34.3 Å². The Morgan fingerprint density at radius 2 is 1.79 bits per heavy atom. The van der Waals surface area contributed by atoms with Crippen LogP contribution in [-0.2, 0) is 22.9 Å². The number of aromatic nitrogens is 1. The number of nitrogens with zero attached hydrogens (tertiary/aromatic N) is 1. The molecule has 1 aromatic heterocycles. The lowest BCUT2D eigenvalue weighted by Crippen LogP contribution is -2.27. The van der Waals surface area contributed by atoms with Gasteiger partial charge in [0.05, 0.1) is 17.6 Å². The van der Waals surface area contributed by atoms with Crippen molar-refractivity contribution in [1.29, 1.82) is 0 Å². The lowest BCUT2D eigenvalue weighted by atomic mass is 9.82. The molecule has 0 spiro atoms. The van der Waals surface area contributed by atoms with Crippen LogP contribution >= 0.6 is 23.1 Å². The number of fused-ring (bicyclic) bond motifs is 3. The van der Waals surface area contributed by atoms with Gasteiger partial charge in [0.2, 0.25) is 10.0 Å². The third-order valence-corrected chi connectivity index (χ3v) is 9.13. The molecule has 0 atom stereocenters. The number of thiazole rings is 1. The summed E-state index contributed by atoms with van der Waals surface area (Å²) in [6.07, 6.45) is 7.68. The zero-order valence-corrected chi connectivity index (χ0v) is 21.2. The molecule has 0 radical (unpaired) electrons. The standard InChI is InChI=1S/C25H29N3O2S3/c1-33(29,30)28-21-8-4-2-6-18(21)16-17-10-12-19(13-11-17)26-25-27-24-20-7-3-5-9-22(20)31-15-14-23(24)32-25/h2-9,17,19,28H,10-16H2,1H3,(H,26,27). The molecule has 174 valence electrons. The van der Waals surface area contributed by atoms with Crippen LogP contribution in [0.25, 0.3) is 11.3 Å². The number of sulfonamides is 1. The Morgan fingerprint density at radius 3 is 2.61 bits per heavy atom. The second-order valence-electron chi connectivity index (χ2n) is 8.98. The molecular formula is C25H29N3O2S3. The minimum absolute atomic E-state index is 0.449. The predicted octanol–water partition coefficient (Wildman–Crippen LogP) is 6.04. The van der Waals surface area contributed by atoms with Crippen molar-refractivity contribution in [2.24, 2.45) is 5.92 Å². The molecule has 0 amide bonds. The van der Waals surface area contributed by atoms with Gasteiger partial charge in [-0.15, -0.1) is 23.1 Å². The largest absolute Gasteiger partial charge is 0.359 e. The highest BCUT2D eigenvalue weighted by Crippen LogP contribution is 2.41. The number of hydrogen-bond donors (Lipinski definition) is 2. The van der Waals surface area contributed by atoms with Crippen molar-refractivity contribution in [2.45, 2.75) is 49.5 Å². The van der Waals surface area contributed by atoms with Crippen molar-refractivity contribution in [3.63, 3.8) is 0 Å². The number of anilines is 2. The van der Waals surface area contributed by atoms with E-state index in [1.165, 1.54) is 21.6 Å². The first-order chi connectivity index (χ1) is 15.9. The van der Waals surface area contributed by atoms with Gasteiger partial charge in [0.25, 0.3) is 0 Å². The van der Waals surface area contributed by atoms with Crippen LogP contribution in [-0.4, -0.2) is 31.5 Å². The second-order valence-corrected chi connectivity index (χ2v) is 13.0. The molecule has 1 fully saturated rings. The van der Waals surface area contributed by atoms with E-state index in [1.54, 1.807) is 0 Å². The molecule has 0 unspecified atom stereocenters. The summed E-state index contributed by atoms with van der Waals surface area (Å²) in [7, 11) is -3.27. The monoisotopic (exact) mass is 499 g/mol. The minimum atomic E-state index is -3.27. The Morgan fingerprint density at radius 1 is 1.03 bits per heavy atom. The normalized spacial score (nSPS) is 20.4. The third-order valence-electron chi connectivity index (χ3n) is 6.42. The summed E-state index contributed by atoms with van der Waals surface area (Å²) in [5.74, 6) is 1.68. The van der Waals surface area contributed by atoms with Crippen LogP contribution in [0, 0.1) is 5.92 Å². The molecule has 1 aliphatic heterocycles. The molecular weight excluding hydrogens is 470 g/mol. The molecule has 33 heavy (non-hydrogen) atoms. The predicted molar refractivity (Wildman–Crippen MR) is 140 cm³/mol. The van der Waals surface area contributed by atoms with Gasteiger partial charge in [-0.3, -0.25) is 4.72 Å². The third kappa shape index (κ3) is 5.55. The first-order valence-electron chi connectivity index (χ1n) is 11.5. The van der Waals surface area contributed by atoms with E-state index in [-0.39, 0.29) is 0 Å². The highest BCUT2D eigenvalue weighted by molar-refractivity contribution is 7.99. The van der Waals surface area contributed by atoms with E-state index < -0.39 is 10.0 Å². The fourth-order valence-corrected chi connectivity index (χ4v) is 7.63. The van der Waals surface area contributed by atoms with Crippen LogP contribution in [0.3, 0.4) is 0 Å². The number of aryl methyl sites for hydroxylation is 1. The molecule has 2 aliphatic rings. The average Bonchev–Trinajstić information content (AvgIpc) is 3.10. The topological polar surface area (TPSA) is 71.1 Å². The van der Waals surface area contributed by atoms with Gasteiger partial charge < -0.3 is 5.32 Å². The number of hydrogen-bond acceptors (Lipinski definition) is 6. The summed E-state index contributed by atoms with van der Waals surface area (Å²) < 4.78 is 26.1. The van der Waals surface area contributed by atoms with E-state index in [9.17, 15) is 8.42 Å². The first kappa shape index (κ1) is 22.7. The van der Waals surface area contributed by atoms with Gasteiger partial charge in [-0.2, -0.15) is 0 Å². The molecule has 1 saturated carbocycles. The Labute approximate surface area is 204 Å². The van der Waals surface area contributed by atoms with Gasteiger partial charge >= 0.3 is 0 Å². The van der Waals surface area contributed by atoms with Crippen LogP contribution in [0.2, 0.25) is 0 Å². The minimum Gasteiger partial charge on any atom is -0.359 e. The lowest BCUT2D eigenvalue weighted by molar-refractivity contribution is 0.336. The van der Waals surface area contributed by atoms with Gasteiger partial charge in [-0.1, -0.05) is 36.4 Å². The van der Waals surface area contributed by atoms with E-state index in [1.807, 2.05) is 47.4 Å². The zero-order valence-electron chi connectivity index (χ0n) is 18.7. The number of thioether (sulfide) groups is 1. The average molecular weight is 500 g/mol. The van der Waals surface area contributed by atoms with Gasteiger partial charge in [-0.05, 0) is 62.1 Å². The maximum absolute atomic E-state index is 11.7. The summed E-state index contributed by atoms with van der Waals surface area (Å²) in [5, 5.41) is 4.77. The fourth-order valence-electron chi connectivity index (χ4n) is 4.83. The van der Waals surface area contributed by atoms with Crippen molar-refractivity contribution in [1.82, 2.24) is 4.98 Å². The maximum atomic E-state index is 11.7. The molecule has 5 nitrogen and oxygen atoms in total. The van der Waals surface area contributed by atoms with Crippen LogP contribution in [0.5, 0.6) is 0 Å². The summed E-state index contributed by atoms with van der Waals surface area (Å²) in [6, 6.07) is 16.8. The number of benzene rings is 2. The van der Waals surface area contributed by atoms with E-state index in [0.717, 1.165) is 60.7 Å². The highest BCUT2D eigenvalue weighted by Gasteiger charge is 2.25. The van der Waals surface area contributed by atoms with Crippen LogP contribution < -0.4 is 10.0 Å². The molecule has 3 aromatic rings. The Bertz CT molecular complexity index is 1230. The van der Waals surface area contributed by atoms with Gasteiger partial charge in [-0.25, -0.2) is 13.4 Å². The molecule has 2 aromatic carbocycles. The first-order valence-corrected chi connectivity index (χ1v) is 15.2. The van der Waals surface area contributed by atoms with Gasteiger partial charge in [0.1, 0.15) is 0 Å². The molecule has 2 heterocycles. The molecule has 5 rings (SSSR count). The summed E-state index contributed by atoms with van der Waals surface area (Å²) in [5.41, 5.74) is 4.22. The molecule has 0 bridgehead atoms. The van der Waals surface area contributed by atoms with Crippen molar-refractivity contribution in [3.8, 4) is 11.3 Å².